The zero-order valence-electron chi connectivity index (χ0n) is 24.4. The minimum atomic E-state index is -4.52. The molecule has 0 radical (unpaired) electrons. The van der Waals surface area contributed by atoms with Crippen molar-refractivity contribution in [3.63, 3.8) is 0 Å². The Morgan fingerprint density at radius 3 is 2.38 bits per heavy atom. The fraction of sp³-hybridized carbons (Fsp3) is 0.364. The van der Waals surface area contributed by atoms with Crippen molar-refractivity contribution in [2.75, 3.05) is 25.0 Å². The number of carbonyl (C=O) groups is 1. The van der Waals surface area contributed by atoms with Crippen molar-refractivity contribution in [3.05, 3.63) is 89.5 Å². The molecule has 0 spiro atoms. The van der Waals surface area contributed by atoms with E-state index in [9.17, 15) is 23.1 Å². The molecule has 1 amide bonds. The molecule has 4 aromatic rings. The van der Waals surface area contributed by atoms with Crippen molar-refractivity contribution in [2.45, 2.75) is 57.0 Å². The zero-order valence-corrected chi connectivity index (χ0v) is 24.4. The van der Waals surface area contributed by atoms with Gasteiger partial charge in [0.1, 0.15) is 5.82 Å². The lowest BCUT2D eigenvalue weighted by Gasteiger charge is -2.30. The topological polar surface area (TPSA) is 92.5 Å². The number of hydrogen-bond donors (Lipinski definition) is 2. The van der Waals surface area contributed by atoms with E-state index in [4.69, 9.17) is 4.74 Å². The van der Waals surface area contributed by atoms with E-state index in [1.54, 1.807) is 60.7 Å². The lowest BCUT2D eigenvalue weighted by molar-refractivity contribution is -0.122. The van der Waals surface area contributed by atoms with Gasteiger partial charge in [-0.25, -0.2) is 14.5 Å². The number of anilines is 1. The largest absolute Gasteiger partial charge is 0.465 e. The highest BCUT2D eigenvalue weighted by molar-refractivity contribution is 6.00. The van der Waals surface area contributed by atoms with Gasteiger partial charge in [-0.2, -0.15) is 17.6 Å². The minimum Gasteiger partial charge on any atom is -0.465 e. The first-order valence-corrected chi connectivity index (χ1v) is 15.0. The van der Waals surface area contributed by atoms with Crippen LogP contribution in [0.1, 0.15) is 61.4 Å². The van der Waals surface area contributed by atoms with Crippen LogP contribution in [0.25, 0.3) is 22.0 Å². The molecule has 45 heavy (non-hydrogen) atoms. The van der Waals surface area contributed by atoms with Crippen LogP contribution in [0.5, 0.6) is 0 Å². The maximum Gasteiger partial charge on any atom is 0.407 e. The molecule has 1 unspecified atom stereocenters. The number of pyridine rings is 1. The molecule has 0 bridgehead atoms. The molecule has 2 N–H and O–H groups in total. The van der Waals surface area contributed by atoms with Gasteiger partial charge in [-0.1, -0.05) is 36.4 Å². The number of nitrogens with zero attached hydrogens (tertiary/aromatic N) is 4. The molecule has 1 atom stereocenters. The molecule has 2 aromatic heterocycles. The number of amides is 1. The van der Waals surface area contributed by atoms with Crippen molar-refractivity contribution < 1.29 is 32.2 Å². The molecular formula is C33H33F4N5O3. The molecule has 8 nitrogen and oxygen atoms in total. The van der Waals surface area contributed by atoms with Crippen LogP contribution >= 0.6 is 0 Å². The molecule has 0 aliphatic carbocycles. The third-order valence-corrected chi connectivity index (χ3v) is 8.35. The number of likely N-dealkylation sites (tertiary alicyclic amines) is 1. The van der Waals surface area contributed by atoms with Crippen LogP contribution in [0.4, 0.5) is 28.2 Å². The second-order valence-electron chi connectivity index (χ2n) is 11.4. The van der Waals surface area contributed by atoms with E-state index in [2.05, 4.69) is 15.4 Å². The Labute approximate surface area is 257 Å². The molecule has 2 saturated heterocycles. The second-order valence-corrected chi connectivity index (χ2v) is 11.4. The zero-order chi connectivity index (χ0) is 31.6. The van der Waals surface area contributed by atoms with Crippen molar-refractivity contribution in [2.24, 2.45) is 0 Å². The van der Waals surface area contributed by atoms with Gasteiger partial charge in [0.25, 0.3) is 0 Å². The molecular weight excluding hydrogens is 590 g/mol. The summed E-state index contributed by atoms with van der Waals surface area (Å²) in [6.07, 6.45) is -1.81. The van der Waals surface area contributed by atoms with Gasteiger partial charge in [-0.05, 0) is 78.6 Å². The summed E-state index contributed by atoms with van der Waals surface area (Å²) in [5, 5.41) is 16.8. The number of alkyl halides is 3. The Hall–Kier alpha value is -4.45. The molecule has 2 fully saturated rings. The normalized spacial score (nSPS) is 18.6. The molecule has 2 aliphatic heterocycles. The third kappa shape index (κ3) is 6.95. The SMILES string of the molecule is O=C(O)N1CCC(Nc2ccc(/C(=C(/CC(F)(F)F)c3ccccc3)c3ccc4c(c3)c(F)nn4C3CCCCO3)cn2)CC1. The summed E-state index contributed by atoms with van der Waals surface area (Å²) in [6.45, 7) is 1.35. The Morgan fingerprint density at radius 2 is 1.73 bits per heavy atom. The standard InChI is InChI=1S/C33H33F4N5O3/c34-31-25-18-22(9-11-27(25)42(40-31)29-8-4-5-17-45-29)30(26(19-33(35,36)37)21-6-2-1-3-7-21)23-10-12-28(38-20-23)39-24-13-15-41(16-14-24)32(43)44/h1-3,6-7,9-12,18,20,24,29H,4-5,8,13-17,19H2,(H,38,39)(H,43,44)/b30-26-. The summed E-state index contributed by atoms with van der Waals surface area (Å²) in [4.78, 5) is 17.1. The van der Waals surface area contributed by atoms with E-state index < -0.39 is 30.9 Å². The fourth-order valence-electron chi connectivity index (χ4n) is 6.14. The number of hydrogen-bond acceptors (Lipinski definition) is 5. The predicted molar refractivity (Wildman–Crippen MR) is 162 cm³/mol. The van der Waals surface area contributed by atoms with Crippen molar-refractivity contribution in [1.82, 2.24) is 19.7 Å². The number of ether oxygens (including phenoxy) is 1. The highest BCUT2D eigenvalue weighted by Crippen LogP contribution is 2.40. The Morgan fingerprint density at radius 1 is 0.978 bits per heavy atom. The number of fused-ring (bicyclic) bond motifs is 1. The number of carboxylic acid groups (broad SMARTS) is 1. The monoisotopic (exact) mass is 623 g/mol. The lowest BCUT2D eigenvalue weighted by Crippen LogP contribution is -2.41. The van der Waals surface area contributed by atoms with Crippen molar-refractivity contribution in [1.29, 1.82) is 0 Å². The van der Waals surface area contributed by atoms with Gasteiger partial charge in [-0.3, -0.25) is 0 Å². The smallest absolute Gasteiger partial charge is 0.407 e. The van der Waals surface area contributed by atoms with Crippen LogP contribution in [0.15, 0.2) is 66.9 Å². The van der Waals surface area contributed by atoms with Crippen LogP contribution in [-0.4, -0.2) is 62.8 Å². The predicted octanol–water partition coefficient (Wildman–Crippen LogP) is 7.74. The second kappa shape index (κ2) is 12.9. The first kappa shape index (κ1) is 30.6. The lowest BCUT2D eigenvalue weighted by atomic mass is 9.88. The number of piperidine rings is 1. The van der Waals surface area contributed by atoms with E-state index in [0.29, 0.717) is 67.0 Å². The van der Waals surface area contributed by atoms with Gasteiger partial charge >= 0.3 is 12.3 Å². The summed E-state index contributed by atoms with van der Waals surface area (Å²) in [5.41, 5.74) is 2.06. The Balaban J connectivity index is 1.41. The Bertz CT molecular complexity index is 1670. The van der Waals surface area contributed by atoms with E-state index in [-0.39, 0.29) is 22.6 Å². The van der Waals surface area contributed by atoms with Gasteiger partial charge in [0.15, 0.2) is 6.23 Å². The number of benzene rings is 2. The quantitative estimate of drug-likeness (QED) is 0.162. The highest BCUT2D eigenvalue weighted by atomic mass is 19.4. The van der Waals surface area contributed by atoms with Crippen LogP contribution in [0, 0.1) is 5.95 Å². The summed E-state index contributed by atoms with van der Waals surface area (Å²) in [7, 11) is 0. The first-order chi connectivity index (χ1) is 21.7. The highest BCUT2D eigenvalue weighted by Gasteiger charge is 2.32. The van der Waals surface area contributed by atoms with Gasteiger partial charge in [0.2, 0.25) is 5.95 Å². The first-order valence-electron chi connectivity index (χ1n) is 15.0. The molecule has 0 saturated carbocycles. The summed E-state index contributed by atoms with van der Waals surface area (Å²) in [5.74, 6) is -0.191. The average molecular weight is 624 g/mol. The number of rotatable bonds is 7. The van der Waals surface area contributed by atoms with Gasteiger partial charge in [-0.15, -0.1) is 5.10 Å². The summed E-state index contributed by atoms with van der Waals surface area (Å²) < 4.78 is 65.0. The van der Waals surface area contributed by atoms with E-state index in [0.717, 1.165) is 12.8 Å². The number of nitrogens with one attached hydrogen (secondary N) is 1. The van der Waals surface area contributed by atoms with E-state index in [1.165, 1.54) is 15.8 Å². The molecule has 12 heteroatoms. The number of aromatic nitrogens is 3. The van der Waals surface area contributed by atoms with Crippen molar-refractivity contribution >= 4 is 34.0 Å². The fourth-order valence-corrected chi connectivity index (χ4v) is 6.14. The maximum atomic E-state index is 15.3. The molecule has 6 rings (SSSR count). The van der Waals surface area contributed by atoms with Gasteiger partial charge in [0.05, 0.1) is 17.3 Å². The number of halogens is 4. The average Bonchev–Trinajstić information content (AvgIpc) is 3.37. The van der Waals surface area contributed by atoms with Crippen LogP contribution in [-0.2, 0) is 4.74 Å². The summed E-state index contributed by atoms with van der Waals surface area (Å²) >= 11 is 0. The summed E-state index contributed by atoms with van der Waals surface area (Å²) in [6, 6.07) is 16.7. The Kier molecular flexibility index (Phi) is 8.75. The van der Waals surface area contributed by atoms with Crippen molar-refractivity contribution in [3.8, 4) is 0 Å². The molecule has 4 heterocycles. The minimum absolute atomic E-state index is 0.00846. The van der Waals surface area contributed by atoms with Gasteiger partial charge in [0, 0.05) is 37.5 Å². The third-order valence-electron chi connectivity index (χ3n) is 8.35. The van der Waals surface area contributed by atoms with Crippen LogP contribution < -0.4 is 5.32 Å². The van der Waals surface area contributed by atoms with Gasteiger partial charge < -0.3 is 20.1 Å². The van der Waals surface area contributed by atoms with E-state index in [1.807, 2.05) is 0 Å². The maximum absolute atomic E-state index is 15.3. The molecule has 236 valence electrons. The van der Waals surface area contributed by atoms with Crippen LogP contribution in [0.2, 0.25) is 0 Å². The number of allylic oxidation sites excluding steroid dienone is 1. The van der Waals surface area contributed by atoms with Crippen LogP contribution in [0.3, 0.4) is 0 Å². The van der Waals surface area contributed by atoms with E-state index >= 15 is 4.39 Å². The molecule has 2 aromatic carbocycles. The molecule has 2 aliphatic rings.